The maximum absolute atomic E-state index is 4.95. The Bertz CT molecular complexity index is 980. The first-order valence-corrected chi connectivity index (χ1v) is 18.3. The van der Waals surface area contributed by atoms with Crippen molar-refractivity contribution in [1.29, 1.82) is 0 Å². The molecule has 2 rings (SSSR count). The second kappa shape index (κ2) is 29.9. The van der Waals surface area contributed by atoms with Crippen molar-refractivity contribution in [3.05, 3.63) is 72.8 Å². The molecule has 0 bridgehead atoms. The Morgan fingerprint density at radius 1 is 0.477 bits per heavy atom. The van der Waals surface area contributed by atoms with E-state index in [0.29, 0.717) is 0 Å². The molecule has 0 aliphatic carbocycles. The van der Waals surface area contributed by atoms with Gasteiger partial charge < -0.3 is 0 Å². The summed E-state index contributed by atoms with van der Waals surface area (Å²) in [7, 11) is 0. The van der Waals surface area contributed by atoms with Crippen LogP contribution in [0.4, 0.5) is 11.4 Å². The van der Waals surface area contributed by atoms with Crippen LogP contribution in [0.3, 0.4) is 0 Å². The molecule has 0 fully saturated rings. The zero-order valence-electron chi connectivity index (χ0n) is 28.4. The van der Waals surface area contributed by atoms with Gasteiger partial charge in [0, 0.05) is 20.4 Å². The van der Waals surface area contributed by atoms with Crippen LogP contribution >= 0.6 is 0 Å². The summed E-state index contributed by atoms with van der Waals surface area (Å²) >= 11 is 0. The van der Waals surface area contributed by atoms with Gasteiger partial charge in [0.15, 0.2) is 0 Å². The van der Waals surface area contributed by atoms with Crippen molar-refractivity contribution in [3.63, 3.8) is 0 Å². The molecular weight excluding hydrogens is 627 g/mol. The van der Waals surface area contributed by atoms with E-state index in [9.17, 15) is 0 Å². The summed E-state index contributed by atoms with van der Waals surface area (Å²) in [5, 5.41) is 0. The fraction of sp³-hybridized carbons (Fsp3) is 0.610. The van der Waals surface area contributed by atoms with Crippen LogP contribution in [0.1, 0.15) is 162 Å². The normalized spacial score (nSPS) is 12.1. The molecule has 0 saturated heterocycles. The van der Waals surface area contributed by atoms with Crippen molar-refractivity contribution in [2.24, 2.45) is 9.98 Å². The Morgan fingerprint density at radius 2 is 0.841 bits per heavy atom. The molecule has 0 aliphatic rings. The van der Waals surface area contributed by atoms with E-state index in [1.54, 1.807) is 0 Å². The number of para-hydroxylation sites is 2. The number of allylic oxidation sites excluding steroid dienone is 2. The minimum Gasteiger partial charge on any atom is -0.251 e. The molecule has 0 N–H and O–H groups in total. The average molecular weight is 691 g/mol. The van der Waals surface area contributed by atoms with Crippen molar-refractivity contribution in [1.82, 2.24) is 0 Å². The van der Waals surface area contributed by atoms with Crippen molar-refractivity contribution in [2.75, 3.05) is 0 Å². The third-order valence-corrected chi connectivity index (χ3v) is 8.41. The van der Waals surface area contributed by atoms with E-state index >= 15 is 0 Å². The topological polar surface area (TPSA) is 24.7 Å². The van der Waals surface area contributed by atoms with Gasteiger partial charge >= 0.3 is 0 Å². The number of rotatable bonds is 27. The third kappa shape index (κ3) is 21.8. The monoisotopic (exact) mass is 690 g/mol. The zero-order valence-corrected chi connectivity index (χ0v) is 30.0. The quantitative estimate of drug-likeness (QED) is 0.0506. The van der Waals surface area contributed by atoms with Crippen LogP contribution in [0, 0.1) is 0 Å². The van der Waals surface area contributed by atoms with Gasteiger partial charge in [0.1, 0.15) is 0 Å². The number of hydrogen-bond acceptors (Lipinski definition) is 2. The zero-order chi connectivity index (χ0) is 30.5. The molecule has 0 spiro atoms. The molecule has 3 heteroatoms. The number of nitrogens with zero attached hydrogens (tertiary/aromatic N) is 2. The van der Waals surface area contributed by atoms with Crippen LogP contribution in [0.5, 0.6) is 0 Å². The number of benzene rings is 2. The van der Waals surface area contributed by atoms with E-state index in [-0.39, 0.29) is 20.4 Å². The van der Waals surface area contributed by atoms with Gasteiger partial charge in [-0.15, -0.1) is 0 Å². The van der Waals surface area contributed by atoms with Gasteiger partial charge in [-0.2, -0.15) is 0 Å². The Balaban J connectivity index is 0.00000968. The Morgan fingerprint density at radius 3 is 1.23 bits per heavy atom. The van der Waals surface area contributed by atoms with Crippen LogP contribution in [0.15, 0.2) is 82.8 Å². The van der Waals surface area contributed by atoms with E-state index in [1.807, 2.05) is 36.4 Å². The molecule has 44 heavy (non-hydrogen) atoms. The van der Waals surface area contributed by atoms with Crippen molar-refractivity contribution in [3.8, 4) is 0 Å². The molecule has 2 aromatic rings. The largest absolute Gasteiger partial charge is 0.251 e. The molecular formula is C41H64N2Pd. The second-order valence-corrected chi connectivity index (χ2v) is 12.3. The van der Waals surface area contributed by atoms with Gasteiger partial charge in [0.2, 0.25) is 0 Å². The molecule has 0 atom stereocenters. The summed E-state index contributed by atoms with van der Waals surface area (Å²) in [6, 6.07) is 20.5. The molecule has 0 heterocycles. The molecule has 0 radical (unpaired) electrons. The van der Waals surface area contributed by atoms with Gasteiger partial charge in [0.05, 0.1) is 22.8 Å². The summed E-state index contributed by atoms with van der Waals surface area (Å²) in [6.45, 7) is 4.46. The van der Waals surface area contributed by atoms with Crippen LogP contribution in [0.2, 0.25) is 0 Å². The first kappa shape index (κ1) is 40.2. The van der Waals surface area contributed by atoms with E-state index in [4.69, 9.17) is 9.98 Å². The fourth-order valence-electron chi connectivity index (χ4n) is 5.70. The molecule has 2 aromatic carbocycles. The summed E-state index contributed by atoms with van der Waals surface area (Å²) in [5.41, 5.74) is 3.97. The standard InChI is InChI=1S/C41H64N2.Pd/c1-3-5-6-7-8-9-10-11-12-13-14-15-16-17-18-19-20-21-22-23-24-25-32-37-41(43-39-35-30-27-31-36-39)40(4-2)42-38-33-28-26-29-34-38;/h26-37H,3-25H2,1-2H3;/b37-32+,42-40?,43-41?;. The van der Waals surface area contributed by atoms with Crippen LogP contribution in [0.25, 0.3) is 0 Å². The Kier molecular flexibility index (Phi) is 27.3. The number of hydrogen-bond donors (Lipinski definition) is 0. The van der Waals surface area contributed by atoms with Gasteiger partial charge in [0.25, 0.3) is 0 Å². The summed E-state index contributed by atoms with van der Waals surface area (Å²) in [4.78, 5) is 9.87. The molecule has 2 nitrogen and oxygen atoms in total. The van der Waals surface area contributed by atoms with Crippen LogP contribution < -0.4 is 0 Å². The molecule has 0 unspecified atom stereocenters. The first-order valence-electron chi connectivity index (χ1n) is 18.3. The first-order chi connectivity index (χ1) is 21.3. The smallest absolute Gasteiger partial charge is 0.0848 e. The molecule has 0 aromatic heterocycles. The number of unbranched alkanes of at least 4 members (excludes halogenated alkanes) is 21. The Hall–Kier alpha value is -1.82. The van der Waals surface area contributed by atoms with Gasteiger partial charge in [-0.1, -0.05) is 185 Å². The molecule has 0 saturated carbocycles. The molecule has 0 aliphatic heterocycles. The van der Waals surface area contributed by atoms with E-state index in [0.717, 1.165) is 35.6 Å². The molecule has 248 valence electrons. The van der Waals surface area contributed by atoms with E-state index in [2.05, 4.69) is 50.3 Å². The molecule has 0 amide bonds. The number of aliphatic imine (C=N–C) groups is 2. The average Bonchev–Trinajstić information content (AvgIpc) is 3.04. The summed E-state index contributed by atoms with van der Waals surface area (Å²) in [6.07, 6.45) is 36.4. The third-order valence-electron chi connectivity index (χ3n) is 8.41. The van der Waals surface area contributed by atoms with Gasteiger partial charge in [-0.25, -0.2) is 4.99 Å². The Labute approximate surface area is 286 Å². The SMILES string of the molecule is CCCCCCCCCCCCCCCCCCCCCCC/C=C/C(=Nc1ccccc1)C(CC)=Nc1ccccc1.[Pd]. The maximum Gasteiger partial charge on any atom is 0.0848 e. The summed E-state index contributed by atoms with van der Waals surface area (Å²) in [5.74, 6) is 0. The predicted molar refractivity (Wildman–Crippen MR) is 194 cm³/mol. The summed E-state index contributed by atoms with van der Waals surface area (Å²) < 4.78 is 0. The van der Waals surface area contributed by atoms with Crippen molar-refractivity contribution in [2.45, 2.75) is 162 Å². The van der Waals surface area contributed by atoms with Crippen LogP contribution in [-0.4, -0.2) is 11.4 Å². The minimum atomic E-state index is 0. The van der Waals surface area contributed by atoms with Gasteiger partial charge in [-0.3, -0.25) is 4.99 Å². The van der Waals surface area contributed by atoms with E-state index < -0.39 is 0 Å². The van der Waals surface area contributed by atoms with Gasteiger partial charge in [-0.05, 0) is 49.6 Å². The minimum absolute atomic E-state index is 0. The maximum atomic E-state index is 4.95. The van der Waals surface area contributed by atoms with E-state index in [1.165, 1.54) is 135 Å². The second-order valence-electron chi connectivity index (χ2n) is 12.3. The van der Waals surface area contributed by atoms with Crippen molar-refractivity contribution >= 4 is 22.8 Å². The predicted octanol–water partition coefficient (Wildman–Crippen LogP) is 14.1. The van der Waals surface area contributed by atoms with Crippen molar-refractivity contribution < 1.29 is 20.4 Å². The fourth-order valence-corrected chi connectivity index (χ4v) is 5.70. The van der Waals surface area contributed by atoms with Crippen LogP contribution in [-0.2, 0) is 20.4 Å².